The van der Waals surface area contributed by atoms with E-state index in [1.54, 1.807) is 0 Å². The minimum Gasteiger partial charge on any atom is -0.303 e. The number of likely N-dealkylation sites (tertiary alicyclic amines) is 1. The Labute approximate surface area is 161 Å². The summed E-state index contributed by atoms with van der Waals surface area (Å²) in [5.41, 5.74) is 3.13. The monoisotopic (exact) mass is 378 g/mol. The van der Waals surface area contributed by atoms with Crippen LogP contribution in [0, 0.1) is 11.8 Å². The van der Waals surface area contributed by atoms with Crippen molar-refractivity contribution >= 4 is 11.3 Å². The molecule has 0 bridgehead atoms. The van der Waals surface area contributed by atoms with Crippen molar-refractivity contribution < 1.29 is 8.76 Å². The number of nitrogens with one attached hydrogen (secondary N) is 1. The van der Waals surface area contributed by atoms with E-state index in [0.29, 0.717) is 12.0 Å². The number of benzene rings is 1. The zero-order valence-electron chi connectivity index (χ0n) is 16.2. The largest absolute Gasteiger partial charge is 0.303 e. The van der Waals surface area contributed by atoms with Crippen LogP contribution in [-0.4, -0.2) is 39.8 Å². The average molecular weight is 379 g/mol. The summed E-state index contributed by atoms with van der Waals surface area (Å²) >= 11 is -1.92. The van der Waals surface area contributed by atoms with Gasteiger partial charge in [-0.25, -0.2) is 8.93 Å². The summed E-state index contributed by atoms with van der Waals surface area (Å²) in [6, 6.07) is 8.94. The second kappa shape index (κ2) is 8.96. The van der Waals surface area contributed by atoms with Crippen molar-refractivity contribution in [2.75, 3.05) is 26.2 Å². The first-order valence-electron chi connectivity index (χ1n) is 10.3. The molecule has 1 aliphatic heterocycles. The molecule has 1 saturated carbocycles. The highest BCUT2D eigenvalue weighted by atomic mass is 32.2. The van der Waals surface area contributed by atoms with E-state index in [2.05, 4.69) is 47.7 Å². The number of hydrogen-bond acceptors (Lipinski definition) is 2. The fourth-order valence-corrected chi connectivity index (χ4v) is 5.49. The Kier molecular flexibility index (Phi) is 6.89. The molecule has 1 heterocycles. The molecule has 1 aromatic carbocycles. The molecule has 1 saturated heterocycles. The molecule has 0 amide bonds. The van der Waals surface area contributed by atoms with Gasteiger partial charge in [-0.1, -0.05) is 57.4 Å². The number of nitrogens with zero attached hydrogens (tertiary/aromatic N) is 1. The van der Waals surface area contributed by atoms with E-state index in [1.165, 1.54) is 62.9 Å². The van der Waals surface area contributed by atoms with Crippen LogP contribution in [0.5, 0.6) is 0 Å². The Balaban J connectivity index is 1.57. The molecule has 0 aromatic heterocycles. The van der Waals surface area contributed by atoms with E-state index < -0.39 is 11.3 Å². The molecule has 2 aliphatic rings. The van der Waals surface area contributed by atoms with Crippen molar-refractivity contribution in [3.05, 3.63) is 35.4 Å². The fraction of sp³-hybridized carbons (Fsp3) is 0.714. The van der Waals surface area contributed by atoms with E-state index in [0.717, 1.165) is 18.3 Å². The predicted molar refractivity (Wildman–Crippen MR) is 108 cm³/mol. The zero-order chi connectivity index (χ0) is 18.6. The number of unbranched alkanes of at least 4 members (excludes halogenated alkanes) is 3. The van der Waals surface area contributed by atoms with Gasteiger partial charge in [0.15, 0.2) is 0 Å². The lowest BCUT2D eigenvalue weighted by Crippen LogP contribution is -2.31. The summed E-state index contributed by atoms with van der Waals surface area (Å²) in [7, 11) is 0. The van der Waals surface area contributed by atoms with Gasteiger partial charge in [0.05, 0.1) is 0 Å². The second-order valence-corrected chi connectivity index (χ2v) is 8.81. The molecule has 0 spiro atoms. The standard InChI is InChI=1S/C21H34N2O2S/c1-3-5-6-7-13-23-15-19-20(16-23)21(19,4-2)18-10-8-9-17(14-18)11-12-22-26(24)25/h8-10,14,19-20,22H,3-7,11-13,15-16H2,1-2H3,(H,24,25). The lowest BCUT2D eigenvalue weighted by atomic mass is 9.86. The van der Waals surface area contributed by atoms with E-state index in [-0.39, 0.29) is 0 Å². The summed E-state index contributed by atoms with van der Waals surface area (Å²) in [6.07, 6.45) is 7.40. The minimum atomic E-state index is -1.92. The smallest absolute Gasteiger partial charge is 0.231 e. The molecule has 4 nitrogen and oxygen atoms in total. The molecule has 3 unspecified atom stereocenters. The Bertz CT molecular complexity index is 610. The maximum atomic E-state index is 10.7. The summed E-state index contributed by atoms with van der Waals surface area (Å²) in [5.74, 6) is 1.63. The van der Waals surface area contributed by atoms with Crippen LogP contribution in [0.3, 0.4) is 0 Å². The van der Waals surface area contributed by atoms with Crippen molar-refractivity contribution in [1.29, 1.82) is 0 Å². The van der Waals surface area contributed by atoms with Crippen LogP contribution in [0.15, 0.2) is 24.3 Å². The fourth-order valence-electron chi connectivity index (χ4n) is 5.22. The first kappa shape index (κ1) is 20.0. The van der Waals surface area contributed by atoms with E-state index in [9.17, 15) is 4.21 Å². The van der Waals surface area contributed by atoms with E-state index >= 15 is 0 Å². The van der Waals surface area contributed by atoms with Gasteiger partial charge in [-0.2, -0.15) is 0 Å². The highest BCUT2D eigenvalue weighted by molar-refractivity contribution is 7.77. The highest BCUT2D eigenvalue weighted by Gasteiger charge is 2.67. The SMILES string of the molecule is CCCCCCN1CC2C(C1)C2(CC)c1cccc(CCNS(=O)O)c1. The van der Waals surface area contributed by atoms with Crippen molar-refractivity contribution in [1.82, 2.24) is 9.62 Å². The molecular weight excluding hydrogens is 344 g/mol. The number of piperidine rings is 1. The molecule has 2 fully saturated rings. The van der Waals surface area contributed by atoms with Crippen molar-refractivity contribution in [2.24, 2.45) is 11.8 Å². The van der Waals surface area contributed by atoms with Gasteiger partial charge < -0.3 is 4.90 Å². The Morgan fingerprint density at radius 2 is 2.00 bits per heavy atom. The van der Waals surface area contributed by atoms with Crippen molar-refractivity contribution in [3.63, 3.8) is 0 Å². The highest BCUT2D eigenvalue weighted by Crippen LogP contribution is 2.65. The molecule has 3 atom stereocenters. The molecule has 26 heavy (non-hydrogen) atoms. The third-order valence-corrected chi connectivity index (χ3v) is 7.08. The van der Waals surface area contributed by atoms with Crippen LogP contribution in [0.25, 0.3) is 0 Å². The topological polar surface area (TPSA) is 52.6 Å². The van der Waals surface area contributed by atoms with Crippen molar-refractivity contribution in [2.45, 2.75) is 57.8 Å². The van der Waals surface area contributed by atoms with Gasteiger partial charge in [-0.3, -0.25) is 4.55 Å². The van der Waals surface area contributed by atoms with Gasteiger partial charge in [-0.05, 0) is 48.8 Å². The average Bonchev–Trinajstić information content (AvgIpc) is 3.02. The summed E-state index contributed by atoms with van der Waals surface area (Å²) < 4.78 is 22.2. The lowest BCUT2D eigenvalue weighted by Gasteiger charge is -2.27. The van der Waals surface area contributed by atoms with E-state index in [4.69, 9.17) is 4.55 Å². The number of hydrogen-bond donors (Lipinski definition) is 2. The van der Waals surface area contributed by atoms with Gasteiger partial charge in [0.2, 0.25) is 11.3 Å². The molecule has 146 valence electrons. The Hall–Kier alpha value is -0.750. The molecule has 1 aliphatic carbocycles. The van der Waals surface area contributed by atoms with Crippen molar-refractivity contribution in [3.8, 4) is 0 Å². The van der Waals surface area contributed by atoms with E-state index in [1.807, 2.05) is 0 Å². The predicted octanol–water partition coefficient (Wildman–Crippen LogP) is 3.75. The summed E-state index contributed by atoms with van der Waals surface area (Å²) in [6.45, 7) is 8.95. The third kappa shape index (κ3) is 4.22. The van der Waals surface area contributed by atoms with Gasteiger partial charge in [-0.15, -0.1) is 0 Å². The Morgan fingerprint density at radius 1 is 1.23 bits per heavy atom. The molecule has 0 radical (unpaired) electrons. The molecular formula is C21H34N2O2S. The third-order valence-electron chi connectivity index (χ3n) is 6.63. The maximum absolute atomic E-state index is 10.7. The van der Waals surface area contributed by atoms with Crippen LogP contribution < -0.4 is 4.72 Å². The van der Waals surface area contributed by atoms with Gasteiger partial charge >= 0.3 is 0 Å². The van der Waals surface area contributed by atoms with Crippen LogP contribution in [0.4, 0.5) is 0 Å². The lowest BCUT2D eigenvalue weighted by molar-refractivity contribution is 0.263. The summed E-state index contributed by atoms with van der Waals surface area (Å²) in [5, 5.41) is 0. The normalized spacial score (nSPS) is 28.9. The quantitative estimate of drug-likeness (QED) is 0.455. The first-order chi connectivity index (χ1) is 12.6. The minimum absolute atomic E-state index is 0.378. The van der Waals surface area contributed by atoms with Gasteiger partial charge in [0.1, 0.15) is 0 Å². The first-order valence-corrected chi connectivity index (χ1v) is 11.4. The van der Waals surface area contributed by atoms with Gasteiger partial charge in [0, 0.05) is 25.0 Å². The van der Waals surface area contributed by atoms with Gasteiger partial charge in [0.25, 0.3) is 0 Å². The number of rotatable bonds is 11. The number of fused-ring (bicyclic) bond motifs is 1. The van der Waals surface area contributed by atoms with Crippen LogP contribution in [0.2, 0.25) is 0 Å². The summed E-state index contributed by atoms with van der Waals surface area (Å²) in [4.78, 5) is 2.68. The van der Waals surface area contributed by atoms with Crippen LogP contribution in [0.1, 0.15) is 57.1 Å². The Morgan fingerprint density at radius 3 is 2.65 bits per heavy atom. The zero-order valence-corrected chi connectivity index (χ0v) is 17.1. The van der Waals surface area contributed by atoms with Crippen LogP contribution >= 0.6 is 0 Å². The molecule has 5 heteroatoms. The molecule has 3 rings (SSSR count). The molecule has 1 aromatic rings. The second-order valence-electron chi connectivity index (χ2n) is 8.02. The molecule has 2 N–H and O–H groups in total. The van der Waals surface area contributed by atoms with Crippen LogP contribution in [-0.2, 0) is 23.1 Å². The maximum Gasteiger partial charge on any atom is 0.231 e.